The highest BCUT2D eigenvalue weighted by Gasteiger charge is 2.21. The average Bonchev–Trinajstić information content (AvgIpc) is 2.26. The summed E-state index contributed by atoms with van der Waals surface area (Å²) in [5.74, 6) is 0. The standard InChI is InChI=1S/C10H16N2O2S/c1-10(2)6-5-9(7-11-8-10)15(13,14)12(3)4/h5-8H,1-4H3. The fourth-order valence-electron chi connectivity index (χ4n) is 1.05. The molecule has 1 heterocycles. The van der Waals surface area contributed by atoms with E-state index in [1.54, 1.807) is 12.3 Å². The summed E-state index contributed by atoms with van der Waals surface area (Å²) < 4.78 is 24.7. The lowest BCUT2D eigenvalue weighted by Gasteiger charge is -2.12. The van der Waals surface area contributed by atoms with Gasteiger partial charge in [0.2, 0.25) is 10.0 Å². The highest BCUT2D eigenvalue weighted by molar-refractivity contribution is 7.93. The zero-order valence-electron chi connectivity index (χ0n) is 9.43. The number of hydrogen-bond donors (Lipinski definition) is 0. The predicted molar refractivity (Wildman–Crippen MR) is 62.1 cm³/mol. The molecule has 15 heavy (non-hydrogen) atoms. The Bertz CT molecular complexity index is 428. The zero-order valence-corrected chi connectivity index (χ0v) is 10.2. The minimum absolute atomic E-state index is 0.208. The van der Waals surface area contributed by atoms with Gasteiger partial charge in [0, 0.05) is 31.9 Å². The van der Waals surface area contributed by atoms with Gasteiger partial charge in [-0.3, -0.25) is 4.99 Å². The Kier molecular flexibility index (Phi) is 3.16. The molecule has 0 aromatic heterocycles. The number of sulfonamides is 1. The normalized spacial score (nSPS) is 20.2. The molecule has 0 aromatic rings. The van der Waals surface area contributed by atoms with Gasteiger partial charge < -0.3 is 0 Å². The van der Waals surface area contributed by atoms with E-state index in [1.165, 1.54) is 24.6 Å². The molecule has 0 N–H and O–H groups in total. The highest BCUT2D eigenvalue weighted by atomic mass is 32.2. The minimum Gasteiger partial charge on any atom is -0.267 e. The summed E-state index contributed by atoms with van der Waals surface area (Å²) in [5, 5.41) is 0. The average molecular weight is 228 g/mol. The quantitative estimate of drug-likeness (QED) is 0.717. The number of allylic oxidation sites excluding steroid dienone is 2. The fourth-order valence-corrected chi connectivity index (χ4v) is 1.90. The van der Waals surface area contributed by atoms with Gasteiger partial charge in [-0.25, -0.2) is 12.7 Å². The number of nitrogens with zero attached hydrogens (tertiary/aromatic N) is 2. The molecule has 0 aromatic carbocycles. The van der Waals surface area contributed by atoms with Crippen LogP contribution in [0.5, 0.6) is 0 Å². The minimum atomic E-state index is -3.38. The third-order valence-corrected chi connectivity index (χ3v) is 3.86. The monoisotopic (exact) mass is 228 g/mol. The van der Waals surface area contributed by atoms with Gasteiger partial charge in [-0.15, -0.1) is 0 Å². The summed E-state index contributed by atoms with van der Waals surface area (Å²) in [4.78, 5) is 4.22. The van der Waals surface area contributed by atoms with Gasteiger partial charge in [-0.05, 0) is 6.08 Å². The van der Waals surface area contributed by atoms with Crippen molar-refractivity contribution in [2.45, 2.75) is 13.8 Å². The first kappa shape index (κ1) is 12.1. The third-order valence-electron chi connectivity index (χ3n) is 2.06. The Morgan fingerprint density at radius 1 is 1.33 bits per heavy atom. The van der Waals surface area contributed by atoms with Gasteiger partial charge in [-0.2, -0.15) is 0 Å². The molecule has 0 saturated carbocycles. The summed E-state index contributed by atoms with van der Waals surface area (Å²) in [7, 11) is -0.372. The Hall–Kier alpha value is -0.940. The van der Waals surface area contributed by atoms with Crippen LogP contribution >= 0.6 is 0 Å². The van der Waals surface area contributed by atoms with Crippen LogP contribution in [-0.4, -0.2) is 33.0 Å². The van der Waals surface area contributed by atoms with Crippen LogP contribution in [0.15, 0.2) is 28.2 Å². The van der Waals surface area contributed by atoms with E-state index in [0.717, 1.165) is 0 Å². The van der Waals surface area contributed by atoms with Crippen molar-refractivity contribution in [2.75, 3.05) is 14.1 Å². The summed E-state index contributed by atoms with van der Waals surface area (Å²) in [5.41, 5.74) is -0.208. The van der Waals surface area contributed by atoms with Crippen LogP contribution in [0, 0.1) is 5.41 Å². The topological polar surface area (TPSA) is 49.7 Å². The van der Waals surface area contributed by atoms with Crippen molar-refractivity contribution < 1.29 is 8.42 Å². The van der Waals surface area contributed by atoms with E-state index in [1.807, 2.05) is 19.9 Å². The van der Waals surface area contributed by atoms with E-state index in [2.05, 4.69) is 4.99 Å². The first-order valence-electron chi connectivity index (χ1n) is 4.62. The lowest BCUT2D eigenvalue weighted by Crippen LogP contribution is -2.23. The van der Waals surface area contributed by atoms with E-state index in [0.29, 0.717) is 0 Å². The van der Waals surface area contributed by atoms with Gasteiger partial charge >= 0.3 is 0 Å². The molecule has 84 valence electrons. The molecule has 1 rings (SSSR count). The van der Waals surface area contributed by atoms with Gasteiger partial charge in [0.1, 0.15) is 4.91 Å². The summed E-state index contributed by atoms with van der Waals surface area (Å²) in [6.07, 6.45) is 6.53. The Morgan fingerprint density at radius 2 is 1.93 bits per heavy atom. The molecule has 1 aliphatic heterocycles. The first-order chi connectivity index (χ1) is 6.76. The Balaban J connectivity index is 3.13. The van der Waals surface area contributed by atoms with Crippen molar-refractivity contribution in [3.63, 3.8) is 0 Å². The molecule has 0 fully saturated rings. The van der Waals surface area contributed by atoms with Crippen molar-refractivity contribution in [3.8, 4) is 0 Å². The van der Waals surface area contributed by atoms with E-state index in [-0.39, 0.29) is 10.3 Å². The zero-order chi connectivity index (χ0) is 11.7. The maximum atomic E-state index is 11.8. The second-order valence-electron chi connectivity index (χ2n) is 4.25. The van der Waals surface area contributed by atoms with Crippen LogP contribution in [-0.2, 0) is 10.0 Å². The molecule has 0 unspecified atom stereocenters. The van der Waals surface area contributed by atoms with Crippen LogP contribution in [0.4, 0.5) is 0 Å². The molecule has 0 spiro atoms. The van der Waals surface area contributed by atoms with E-state index in [9.17, 15) is 8.42 Å². The lowest BCUT2D eigenvalue weighted by molar-refractivity contribution is 0.529. The molecule has 0 radical (unpaired) electrons. The third kappa shape index (κ3) is 2.76. The number of aliphatic imine (C=N–C) groups is 1. The molecule has 4 nitrogen and oxygen atoms in total. The van der Waals surface area contributed by atoms with Crippen LogP contribution in [0.2, 0.25) is 0 Å². The molecule has 5 heteroatoms. The van der Waals surface area contributed by atoms with Crippen LogP contribution in [0.1, 0.15) is 13.8 Å². The van der Waals surface area contributed by atoms with Crippen molar-refractivity contribution in [2.24, 2.45) is 10.4 Å². The van der Waals surface area contributed by atoms with Crippen molar-refractivity contribution >= 4 is 16.2 Å². The molecular weight excluding hydrogens is 212 g/mol. The SMILES string of the molecule is CN(C)S(=O)(=O)C1=CN=CC(C)(C)C=C1. The molecule has 0 amide bonds. The second kappa shape index (κ2) is 3.90. The van der Waals surface area contributed by atoms with Crippen molar-refractivity contribution in [1.82, 2.24) is 4.31 Å². The lowest BCUT2D eigenvalue weighted by atomic mass is 9.95. The molecule has 0 aliphatic carbocycles. The fraction of sp³-hybridized carbons (Fsp3) is 0.500. The van der Waals surface area contributed by atoms with Crippen LogP contribution < -0.4 is 0 Å². The number of rotatable bonds is 2. The van der Waals surface area contributed by atoms with Gasteiger partial charge in [0.25, 0.3) is 0 Å². The van der Waals surface area contributed by atoms with Crippen molar-refractivity contribution in [1.29, 1.82) is 0 Å². The maximum absolute atomic E-state index is 11.8. The summed E-state index contributed by atoms with van der Waals surface area (Å²) in [6, 6.07) is 0. The van der Waals surface area contributed by atoms with Gasteiger partial charge in [0.05, 0.1) is 0 Å². The van der Waals surface area contributed by atoms with Gasteiger partial charge in [-0.1, -0.05) is 19.9 Å². The van der Waals surface area contributed by atoms with E-state index >= 15 is 0 Å². The summed E-state index contributed by atoms with van der Waals surface area (Å²) >= 11 is 0. The predicted octanol–water partition coefficient (Wildman–Crippen LogP) is 1.39. The Morgan fingerprint density at radius 3 is 2.47 bits per heavy atom. The van der Waals surface area contributed by atoms with E-state index < -0.39 is 10.0 Å². The van der Waals surface area contributed by atoms with Gasteiger partial charge in [0.15, 0.2) is 0 Å². The van der Waals surface area contributed by atoms with Crippen LogP contribution in [0.3, 0.4) is 0 Å². The highest BCUT2D eigenvalue weighted by Crippen LogP contribution is 2.21. The number of hydrogen-bond acceptors (Lipinski definition) is 3. The molecular formula is C10H16N2O2S. The van der Waals surface area contributed by atoms with Crippen LogP contribution in [0.25, 0.3) is 0 Å². The molecule has 0 atom stereocenters. The molecule has 0 saturated heterocycles. The second-order valence-corrected chi connectivity index (χ2v) is 6.40. The molecule has 1 aliphatic rings. The smallest absolute Gasteiger partial charge is 0.244 e. The summed E-state index contributed by atoms with van der Waals surface area (Å²) in [6.45, 7) is 3.93. The molecule has 0 bridgehead atoms. The first-order valence-corrected chi connectivity index (χ1v) is 6.06. The van der Waals surface area contributed by atoms with E-state index in [4.69, 9.17) is 0 Å². The Labute approximate surface area is 91.1 Å². The maximum Gasteiger partial charge on any atom is 0.244 e. The largest absolute Gasteiger partial charge is 0.267 e. The van der Waals surface area contributed by atoms with Crippen molar-refractivity contribution in [3.05, 3.63) is 23.3 Å².